The summed E-state index contributed by atoms with van der Waals surface area (Å²) in [5.74, 6) is 0.0922. The fourth-order valence-corrected chi connectivity index (χ4v) is 4.15. The summed E-state index contributed by atoms with van der Waals surface area (Å²) in [6.45, 7) is 8.55. The molecule has 0 N–H and O–H groups in total. The number of hydrogen-bond acceptors (Lipinski definition) is 3. The van der Waals surface area contributed by atoms with Gasteiger partial charge in [-0.3, -0.25) is 4.99 Å². The predicted octanol–water partition coefficient (Wildman–Crippen LogP) is 5.34. The van der Waals surface area contributed by atoms with Gasteiger partial charge in [0.05, 0.1) is 12.7 Å². The highest BCUT2D eigenvalue weighted by Crippen LogP contribution is 2.31. The van der Waals surface area contributed by atoms with Crippen molar-refractivity contribution in [2.24, 2.45) is 12.0 Å². The highest BCUT2D eigenvalue weighted by molar-refractivity contribution is 5.93. The summed E-state index contributed by atoms with van der Waals surface area (Å²) >= 11 is 0. The van der Waals surface area contributed by atoms with E-state index in [-0.39, 0.29) is 5.97 Å². The third-order valence-electron chi connectivity index (χ3n) is 5.79. The summed E-state index contributed by atoms with van der Waals surface area (Å²) in [7, 11) is 5.33. The molecule has 4 nitrogen and oxygen atoms in total. The zero-order valence-electron chi connectivity index (χ0n) is 18.5. The number of fused-ring (bicyclic) bond motifs is 1. The minimum absolute atomic E-state index is 0.282. The maximum Gasteiger partial charge on any atom is 0.338 e. The molecule has 4 heteroatoms. The Kier molecular flexibility index (Phi) is 5.92. The van der Waals surface area contributed by atoms with Gasteiger partial charge in [0.15, 0.2) is 0 Å². The number of ether oxygens (including phenoxy) is 1. The van der Waals surface area contributed by atoms with Crippen LogP contribution in [-0.4, -0.2) is 30.9 Å². The van der Waals surface area contributed by atoms with Crippen LogP contribution in [0, 0.1) is 13.8 Å². The van der Waals surface area contributed by atoms with Gasteiger partial charge in [-0.05, 0) is 71.8 Å². The van der Waals surface area contributed by atoms with Crippen LogP contribution in [0.5, 0.6) is 0 Å². The molecule has 0 aliphatic heterocycles. The van der Waals surface area contributed by atoms with Crippen LogP contribution < -0.4 is 0 Å². The van der Waals surface area contributed by atoms with Crippen LogP contribution in [0.25, 0.3) is 10.9 Å². The average molecular weight is 391 g/mol. The molecule has 3 aromatic rings. The minimum Gasteiger partial charge on any atom is -0.465 e. The van der Waals surface area contributed by atoms with E-state index in [9.17, 15) is 4.79 Å². The van der Waals surface area contributed by atoms with E-state index in [1.54, 1.807) is 7.05 Å². The highest BCUT2D eigenvalue weighted by atomic mass is 16.5. The maximum absolute atomic E-state index is 12.2. The van der Waals surface area contributed by atoms with Crippen molar-refractivity contribution in [1.82, 2.24) is 4.57 Å². The van der Waals surface area contributed by atoms with E-state index in [1.165, 1.54) is 40.4 Å². The molecule has 0 saturated heterocycles. The SMILES string of the molecule is CN=Cc1cc(C)c2cc(Cc3c(C(C)C)ccc(C(=O)OC)c3C)n(C)c2c1. The van der Waals surface area contributed by atoms with Gasteiger partial charge >= 0.3 is 5.97 Å². The summed E-state index contributed by atoms with van der Waals surface area (Å²) in [4.78, 5) is 16.4. The number of carbonyl (C=O) groups excluding carboxylic acids is 1. The quantitative estimate of drug-likeness (QED) is 0.436. The van der Waals surface area contributed by atoms with Crippen molar-refractivity contribution in [1.29, 1.82) is 0 Å². The number of nitrogens with zero attached hydrogens (tertiary/aromatic N) is 2. The van der Waals surface area contributed by atoms with Gasteiger partial charge in [0, 0.05) is 43.3 Å². The standard InChI is InChI=1S/C25H30N2O2/c1-15(2)20-8-9-21(25(28)29-7)17(4)23(20)13-19-12-22-16(3)10-18(14-26-5)11-24(22)27(19)6/h8-12,14-15H,13H2,1-7H3. The second-order valence-corrected chi connectivity index (χ2v) is 7.98. The molecule has 0 atom stereocenters. The maximum atomic E-state index is 12.2. The van der Waals surface area contributed by atoms with Gasteiger partial charge in [0.1, 0.15) is 0 Å². The first kappa shape index (κ1) is 20.8. The number of aliphatic imine (C=N–C) groups is 1. The predicted molar refractivity (Wildman–Crippen MR) is 121 cm³/mol. The molecule has 0 unspecified atom stereocenters. The lowest BCUT2D eigenvalue weighted by Gasteiger charge is -2.18. The third-order valence-corrected chi connectivity index (χ3v) is 5.79. The number of benzene rings is 2. The topological polar surface area (TPSA) is 43.6 Å². The van der Waals surface area contributed by atoms with Gasteiger partial charge in [-0.15, -0.1) is 0 Å². The van der Waals surface area contributed by atoms with Gasteiger partial charge < -0.3 is 9.30 Å². The molecule has 0 fully saturated rings. The number of aryl methyl sites for hydroxylation is 2. The van der Waals surface area contributed by atoms with E-state index in [1.807, 2.05) is 19.2 Å². The molecule has 0 aliphatic rings. The number of carbonyl (C=O) groups is 1. The summed E-state index contributed by atoms with van der Waals surface area (Å²) in [5, 5.41) is 1.25. The smallest absolute Gasteiger partial charge is 0.338 e. The zero-order chi connectivity index (χ0) is 21.3. The number of aromatic nitrogens is 1. The molecular weight excluding hydrogens is 360 g/mol. The Hall–Kier alpha value is -2.88. The Bertz CT molecular complexity index is 1100. The van der Waals surface area contributed by atoms with Crippen molar-refractivity contribution in [3.63, 3.8) is 0 Å². The van der Waals surface area contributed by atoms with Crippen LogP contribution in [0.3, 0.4) is 0 Å². The van der Waals surface area contributed by atoms with E-state index >= 15 is 0 Å². The molecule has 1 aromatic heterocycles. The molecule has 1 heterocycles. The van der Waals surface area contributed by atoms with Crippen LogP contribution >= 0.6 is 0 Å². The second kappa shape index (κ2) is 8.24. The average Bonchev–Trinajstić information content (AvgIpc) is 2.99. The number of rotatable bonds is 5. The Morgan fingerprint density at radius 3 is 2.55 bits per heavy atom. The van der Waals surface area contributed by atoms with Crippen molar-refractivity contribution in [2.45, 2.75) is 40.0 Å². The van der Waals surface area contributed by atoms with Crippen molar-refractivity contribution < 1.29 is 9.53 Å². The molecular formula is C25H30N2O2. The lowest BCUT2D eigenvalue weighted by molar-refractivity contribution is 0.0599. The van der Waals surface area contributed by atoms with E-state index in [0.29, 0.717) is 11.5 Å². The molecule has 3 rings (SSSR count). The molecule has 2 aromatic carbocycles. The molecule has 152 valence electrons. The Morgan fingerprint density at radius 1 is 1.21 bits per heavy atom. The first-order chi connectivity index (χ1) is 13.8. The van der Waals surface area contributed by atoms with Crippen molar-refractivity contribution in [3.8, 4) is 0 Å². The Morgan fingerprint density at radius 2 is 1.93 bits per heavy atom. The van der Waals surface area contributed by atoms with Gasteiger partial charge in [0.25, 0.3) is 0 Å². The molecule has 0 spiro atoms. The van der Waals surface area contributed by atoms with Gasteiger partial charge in [-0.2, -0.15) is 0 Å². The van der Waals surface area contributed by atoms with E-state index in [2.05, 4.69) is 61.6 Å². The minimum atomic E-state index is -0.282. The lowest BCUT2D eigenvalue weighted by Crippen LogP contribution is -2.10. The Balaban J connectivity index is 2.16. The molecule has 0 radical (unpaired) electrons. The largest absolute Gasteiger partial charge is 0.465 e. The fourth-order valence-electron chi connectivity index (χ4n) is 4.15. The van der Waals surface area contributed by atoms with Crippen LogP contribution in [0.1, 0.15) is 63.6 Å². The number of methoxy groups -OCH3 is 1. The molecule has 0 bridgehead atoms. The van der Waals surface area contributed by atoms with Gasteiger partial charge in [-0.25, -0.2) is 4.79 Å². The lowest BCUT2D eigenvalue weighted by atomic mass is 9.88. The molecule has 0 saturated carbocycles. The van der Waals surface area contributed by atoms with Crippen LogP contribution in [0.2, 0.25) is 0 Å². The summed E-state index contributed by atoms with van der Waals surface area (Å²) in [5.41, 5.74) is 8.90. The van der Waals surface area contributed by atoms with Gasteiger partial charge in [-0.1, -0.05) is 19.9 Å². The van der Waals surface area contributed by atoms with Crippen molar-refractivity contribution in [3.05, 3.63) is 69.4 Å². The van der Waals surface area contributed by atoms with E-state index in [0.717, 1.165) is 17.5 Å². The first-order valence-corrected chi connectivity index (χ1v) is 10.00. The van der Waals surface area contributed by atoms with Crippen molar-refractivity contribution in [2.75, 3.05) is 14.2 Å². The van der Waals surface area contributed by atoms with Crippen LogP contribution in [0.4, 0.5) is 0 Å². The monoisotopic (exact) mass is 390 g/mol. The Labute approximate surface area is 173 Å². The number of esters is 1. The molecule has 0 amide bonds. The zero-order valence-corrected chi connectivity index (χ0v) is 18.5. The van der Waals surface area contributed by atoms with E-state index < -0.39 is 0 Å². The van der Waals surface area contributed by atoms with Gasteiger partial charge in [0.2, 0.25) is 0 Å². The highest BCUT2D eigenvalue weighted by Gasteiger charge is 2.19. The first-order valence-electron chi connectivity index (χ1n) is 10.00. The van der Waals surface area contributed by atoms with E-state index in [4.69, 9.17) is 4.74 Å². The molecule has 29 heavy (non-hydrogen) atoms. The molecule has 0 aliphatic carbocycles. The second-order valence-electron chi connectivity index (χ2n) is 7.98. The number of hydrogen-bond donors (Lipinski definition) is 0. The van der Waals surface area contributed by atoms with Crippen molar-refractivity contribution >= 4 is 23.1 Å². The normalized spacial score (nSPS) is 11.7. The summed E-state index contributed by atoms with van der Waals surface area (Å²) in [6.07, 6.45) is 2.66. The third kappa shape index (κ3) is 3.84. The summed E-state index contributed by atoms with van der Waals surface area (Å²) in [6, 6.07) is 10.6. The summed E-state index contributed by atoms with van der Waals surface area (Å²) < 4.78 is 7.24. The fraction of sp³-hybridized carbons (Fsp3) is 0.360. The van der Waals surface area contributed by atoms with Crippen LogP contribution in [-0.2, 0) is 18.2 Å². The van der Waals surface area contributed by atoms with Crippen LogP contribution in [0.15, 0.2) is 35.3 Å².